The third-order valence-electron chi connectivity index (χ3n) is 3.47. The van der Waals surface area contributed by atoms with Gasteiger partial charge >= 0.3 is 0 Å². The van der Waals surface area contributed by atoms with Crippen molar-refractivity contribution >= 4 is 0 Å². The molecule has 0 spiro atoms. The molecule has 0 bridgehead atoms. The molecule has 18 heavy (non-hydrogen) atoms. The molecule has 2 rings (SSSR count). The van der Waals surface area contributed by atoms with E-state index in [2.05, 4.69) is 62.4 Å². The molecule has 0 saturated carbocycles. The minimum atomic E-state index is 0.354. The minimum absolute atomic E-state index is 0.354. The molecule has 1 unspecified atom stereocenters. The largest absolute Gasteiger partial charge is 0.496 e. The van der Waals surface area contributed by atoms with E-state index >= 15 is 0 Å². The summed E-state index contributed by atoms with van der Waals surface area (Å²) in [6.07, 6.45) is 1.05. The Morgan fingerprint density at radius 2 is 1.78 bits per heavy atom. The number of aryl methyl sites for hydroxylation is 1. The van der Waals surface area contributed by atoms with E-state index in [1.807, 2.05) is 0 Å². The molecule has 1 nitrogen and oxygen atoms in total. The number of hydrogen-bond acceptors (Lipinski definition) is 1. The average Bonchev–Trinajstić information content (AvgIpc) is 2.46. The minimum Gasteiger partial charge on any atom is -0.496 e. The van der Waals surface area contributed by atoms with Crippen molar-refractivity contribution in [2.75, 3.05) is 7.11 Å². The van der Waals surface area contributed by atoms with Gasteiger partial charge in [0, 0.05) is 11.5 Å². The highest BCUT2D eigenvalue weighted by atomic mass is 16.5. The van der Waals surface area contributed by atoms with Crippen molar-refractivity contribution in [3.63, 3.8) is 0 Å². The summed E-state index contributed by atoms with van der Waals surface area (Å²) in [5, 5.41) is 0. The van der Waals surface area contributed by atoms with Crippen LogP contribution in [0, 0.1) is 0 Å². The van der Waals surface area contributed by atoms with Crippen molar-refractivity contribution in [2.24, 2.45) is 0 Å². The van der Waals surface area contributed by atoms with Gasteiger partial charge in [-0.1, -0.05) is 56.3 Å². The quantitative estimate of drug-likeness (QED) is 0.769. The fraction of sp³-hybridized carbons (Fsp3) is 0.294. The summed E-state index contributed by atoms with van der Waals surface area (Å²) in [4.78, 5) is 0. The van der Waals surface area contributed by atoms with Gasteiger partial charge in [-0.05, 0) is 23.6 Å². The van der Waals surface area contributed by atoms with Crippen molar-refractivity contribution in [1.82, 2.24) is 0 Å². The van der Waals surface area contributed by atoms with Crippen molar-refractivity contribution in [3.8, 4) is 5.75 Å². The lowest BCUT2D eigenvalue weighted by Gasteiger charge is -2.17. The maximum absolute atomic E-state index is 5.49. The van der Waals surface area contributed by atoms with Gasteiger partial charge in [-0.15, -0.1) is 0 Å². The second-order valence-corrected chi connectivity index (χ2v) is 4.56. The van der Waals surface area contributed by atoms with Crippen LogP contribution in [0.25, 0.3) is 0 Å². The Morgan fingerprint density at radius 3 is 2.39 bits per heavy atom. The number of benzene rings is 2. The lowest BCUT2D eigenvalue weighted by molar-refractivity contribution is 0.408. The maximum atomic E-state index is 5.49. The molecule has 1 heteroatoms. The normalized spacial score (nSPS) is 12.2. The van der Waals surface area contributed by atoms with E-state index in [1.54, 1.807) is 7.11 Å². The highest BCUT2D eigenvalue weighted by Gasteiger charge is 2.13. The molecule has 0 aliphatic rings. The Morgan fingerprint density at radius 1 is 1.06 bits per heavy atom. The van der Waals surface area contributed by atoms with Crippen LogP contribution >= 0.6 is 0 Å². The van der Waals surface area contributed by atoms with Gasteiger partial charge in [0.15, 0.2) is 0 Å². The van der Waals surface area contributed by atoms with E-state index in [0.29, 0.717) is 5.92 Å². The standard InChI is InChI=1S/C17H20O/c1-4-14-10-11-17(18-3)16(12-14)13(2)15-8-6-5-7-9-15/h5-13H,4H2,1-3H3. The zero-order valence-corrected chi connectivity index (χ0v) is 11.3. The van der Waals surface area contributed by atoms with Crippen LogP contribution < -0.4 is 4.74 Å². The second-order valence-electron chi connectivity index (χ2n) is 4.56. The lowest BCUT2D eigenvalue weighted by atomic mass is 9.91. The summed E-state index contributed by atoms with van der Waals surface area (Å²) in [5.74, 6) is 1.33. The monoisotopic (exact) mass is 240 g/mol. The third-order valence-corrected chi connectivity index (χ3v) is 3.47. The molecular formula is C17H20O. The molecular weight excluding hydrogens is 220 g/mol. The van der Waals surface area contributed by atoms with Gasteiger partial charge in [-0.3, -0.25) is 0 Å². The van der Waals surface area contributed by atoms with E-state index < -0.39 is 0 Å². The Hall–Kier alpha value is -1.76. The summed E-state index contributed by atoms with van der Waals surface area (Å²) < 4.78 is 5.49. The zero-order valence-electron chi connectivity index (χ0n) is 11.3. The SMILES string of the molecule is CCc1ccc(OC)c(C(C)c2ccccc2)c1. The highest BCUT2D eigenvalue weighted by Crippen LogP contribution is 2.32. The molecule has 0 radical (unpaired) electrons. The molecule has 0 aliphatic heterocycles. The fourth-order valence-corrected chi connectivity index (χ4v) is 2.26. The van der Waals surface area contributed by atoms with Gasteiger partial charge in [0.05, 0.1) is 7.11 Å². The molecule has 2 aromatic carbocycles. The average molecular weight is 240 g/mol. The first kappa shape index (κ1) is 12.7. The Kier molecular flexibility index (Phi) is 4.03. The number of methoxy groups -OCH3 is 1. The number of hydrogen-bond donors (Lipinski definition) is 0. The van der Waals surface area contributed by atoms with Gasteiger partial charge in [0.1, 0.15) is 5.75 Å². The molecule has 0 N–H and O–H groups in total. The summed E-state index contributed by atoms with van der Waals surface area (Å²) in [6, 6.07) is 17.0. The topological polar surface area (TPSA) is 9.23 Å². The number of ether oxygens (including phenoxy) is 1. The first-order valence-corrected chi connectivity index (χ1v) is 6.48. The van der Waals surface area contributed by atoms with E-state index in [1.165, 1.54) is 16.7 Å². The molecule has 2 aromatic rings. The molecule has 0 aromatic heterocycles. The molecule has 0 saturated heterocycles. The predicted molar refractivity (Wildman–Crippen MR) is 76.3 cm³/mol. The van der Waals surface area contributed by atoms with Crippen LogP contribution in [0.3, 0.4) is 0 Å². The third kappa shape index (κ3) is 2.56. The molecule has 0 heterocycles. The predicted octanol–water partition coefficient (Wildman–Crippen LogP) is 4.41. The molecule has 0 aliphatic carbocycles. The second kappa shape index (κ2) is 5.72. The summed E-state index contributed by atoms with van der Waals surface area (Å²) in [6.45, 7) is 4.41. The van der Waals surface area contributed by atoms with Crippen molar-refractivity contribution in [3.05, 3.63) is 65.2 Å². The summed E-state index contributed by atoms with van der Waals surface area (Å²) in [5.41, 5.74) is 3.95. The summed E-state index contributed by atoms with van der Waals surface area (Å²) in [7, 11) is 1.74. The zero-order chi connectivity index (χ0) is 13.0. The van der Waals surface area contributed by atoms with Crippen molar-refractivity contribution in [2.45, 2.75) is 26.2 Å². The fourth-order valence-electron chi connectivity index (χ4n) is 2.26. The summed E-state index contributed by atoms with van der Waals surface area (Å²) >= 11 is 0. The molecule has 0 fully saturated rings. The number of rotatable bonds is 4. The van der Waals surface area contributed by atoms with Gasteiger partial charge < -0.3 is 4.74 Å². The van der Waals surface area contributed by atoms with Gasteiger partial charge in [-0.2, -0.15) is 0 Å². The van der Waals surface area contributed by atoms with E-state index in [9.17, 15) is 0 Å². The maximum Gasteiger partial charge on any atom is 0.122 e. The van der Waals surface area contributed by atoms with Crippen LogP contribution in [-0.2, 0) is 6.42 Å². The molecule has 1 atom stereocenters. The van der Waals surface area contributed by atoms with Crippen LogP contribution in [-0.4, -0.2) is 7.11 Å². The van der Waals surface area contributed by atoms with Crippen LogP contribution in [0.1, 0.15) is 36.5 Å². The van der Waals surface area contributed by atoms with Crippen LogP contribution in [0.5, 0.6) is 5.75 Å². The first-order valence-electron chi connectivity index (χ1n) is 6.48. The molecule has 0 amide bonds. The Balaban J connectivity index is 2.42. The van der Waals surface area contributed by atoms with Crippen LogP contribution in [0.4, 0.5) is 0 Å². The van der Waals surface area contributed by atoms with Crippen LogP contribution in [0.15, 0.2) is 48.5 Å². The van der Waals surface area contributed by atoms with Gasteiger partial charge in [0.25, 0.3) is 0 Å². The van der Waals surface area contributed by atoms with E-state index in [0.717, 1.165) is 12.2 Å². The smallest absolute Gasteiger partial charge is 0.122 e. The van der Waals surface area contributed by atoms with Crippen molar-refractivity contribution in [1.29, 1.82) is 0 Å². The highest BCUT2D eigenvalue weighted by molar-refractivity contribution is 5.44. The molecule has 94 valence electrons. The Bertz CT molecular complexity index is 502. The van der Waals surface area contributed by atoms with E-state index in [4.69, 9.17) is 4.74 Å². The van der Waals surface area contributed by atoms with Crippen molar-refractivity contribution < 1.29 is 4.74 Å². The van der Waals surface area contributed by atoms with E-state index in [-0.39, 0.29) is 0 Å². The lowest BCUT2D eigenvalue weighted by Crippen LogP contribution is -2.00. The van der Waals surface area contributed by atoms with Gasteiger partial charge in [-0.25, -0.2) is 0 Å². The Labute approximate surface area is 109 Å². The van der Waals surface area contributed by atoms with Gasteiger partial charge in [0.2, 0.25) is 0 Å². The van der Waals surface area contributed by atoms with Crippen LogP contribution in [0.2, 0.25) is 0 Å². The first-order chi connectivity index (χ1) is 8.76.